The van der Waals surface area contributed by atoms with Crippen LogP contribution in [0.25, 0.3) is 10.4 Å². The van der Waals surface area contributed by atoms with Crippen LogP contribution in [0.4, 0.5) is 0 Å². The molecule has 0 saturated carbocycles. The van der Waals surface area contributed by atoms with Crippen LogP contribution in [0.15, 0.2) is 17.3 Å². The lowest BCUT2D eigenvalue weighted by molar-refractivity contribution is -0.160. The molecule has 0 aromatic rings. The van der Waals surface area contributed by atoms with Gasteiger partial charge in [0.2, 0.25) is 0 Å². The van der Waals surface area contributed by atoms with E-state index in [0.29, 0.717) is 0 Å². The van der Waals surface area contributed by atoms with Crippen LogP contribution in [0, 0.1) is 0 Å². The monoisotopic (exact) mass is 301 g/mol. The number of carboxylic acids is 1. The fraction of sp³-hybridized carbons (Fsp3) is 0.750. The third-order valence-electron chi connectivity index (χ3n) is 3.01. The highest BCUT2D eigenvalue weighted by molar-refractivity contribution is 5.85. The largest absolute Gasteiger partial charge is 0.478 e. The molecule has 1 aliphatic heterocycles. The normalized spacial score (nSPS) is 26.7. The van der Waals surface area contributed by atoms with Gasteiger partial charge >= 0.3 is 5.97 Å². The molecule has 1 saturated heterocycles. The molecule has 118 valence electrons. The second-order valence-corrected chi connectivity index (χ2v) is 5.23. The zero-order valence-electron chi connectivity index (χ0n) is 11.8. The van der Waals surface area contributed by atoms with E-state index in [-0.39, 0.29) is 18.5 Å². The molecule has 21 heavy (non-hydrogen) atoms. The molecule has 1 heterocycles. The number of aliphatic hydroxyl groups excluding tert-OH is 2. The zero-order chi connectivity index (χ0) is 16.2. The molecular formula is C12H19N3O6. The van der Waals surface area contributed by atoms with E-state index < -0.39 is 36.2 Å². The Balaban J connectivity index is 2.82. The number of nitrogens with zero attached hydrogens (tertiary/aromatic N) is 3. The van der Waals surface area contributed by atoms with Gasteiger partial charge in [-0.3, -0.25) is 0 Å². The Morgan fingerprint density at radius 2 is 1.90 bits per heavy atom. The second-order valence-electron chi connectivity index (χ2n) is 5.23. The molecule has 1 fully saturated rings. The lowest BCUT2D eigenvalue weighted by Gasteiger charge is -2.24. The minimum Gasteiger partial charge on any atom is -0.478 e. The highest BCUT2D eigenvalue weighted by Gasteiger charge is 2.47. The van der Waals surface area contributed by atoms with E-state index in [1.165, 1.54) is 0 Å². The Labute approximate surface area is 121 Å². The summed E-state index contributed by atoms with van der Waals surface area (Å²) in [6.07, 6.45) is -4.53. The van der Waals surface area contributed by atoms with Crippen LogP contribution in [0.1, 0.15) is 20.3 Å². The summed E-state index contributed by atoms with van der Waals surface area (Å²) in [6.45, 7) is 6.28. The van der Waals surface area contributed by atoms with Crippen molar-refractivity contribution in [2.45, 2.75) is 50.5 Å². The molecule has 3 N–H and O–H groups in total. The number of rotatable bonds is 7. The van der Waals surface area contributed by atoms with Gasteiger partial charge in [0, 0.05) is 16.9 Å². The summed E-state index contributed by atoms with van der Waals surface area (Å²) in [5, 5.41) is 32.1. The van der Waals surface area contributed by atoms with Gasteiger partial charge in [-0.1, -0.05) is 11.7 Å². The molecule has 0 aromatic heterocycles. The van der Waals surface area contributed by atoms with Crippen molar-refractivity contribution in [3.8, 4) is 0 Å². The molecule has 0 amide bonds. The van der Waals surface area contributed by atoms with E-state index in [1.54, 1.807) is 13.8 Å². The highest BCUT2D eigenvalue weighted by atomic mass is 16.8. The summed E-state index contributed by atoms with van der Waals surface area (Å²) in [4.78, 5) is 13.3. The molecule has 4 atom stereocenters. The summed E-state index contributed by atoms with van der Waals surface area (Å²) in [6, 6.07) is 0. The molecule has 1 rings (SSSR count). The number of carboxylic acid groups (broad SMARTS) is 1. The van der Waals surface area contributed by atoms with E-state index in [2.05, 4.69) is 16.6 Å². The molecule has 1 aliphatic rings. The first-order chi connectivity index (χ1) is 9.68. The fourth-order valence-corrected chi connectivity index (χ4v) is 2.09. The molecule has 0 unspecified atom stereocenters. The van der Waals surface area contributed by atoms with Gasteiger partial charge in [-0.25, -0.2) is 4.79 Å². The summed E-state index contributed by atoms with van der Waals surface area (Å²) in [7, 11) is 0. The van der Waals surface area contributed by atoms with Crippen molar-refractivity contribution in [3.05, 3.63) is 22.6 Å². The number of ether oxygens (including phenoxy) is 2. The van der Waals surface area contributed by atoms with Gasteiger partial charge in [-0.05, 0) is 19.4 Å². The van der Waals surface area contributed by atoms with E-state index in [0.717, 1.165) is 0 Å². The van der Waals surface area contributed by atoms with Crippen molar-refractivity contribution in [3.63, 3.8) is 0 Å². The van der Waals surface area contributed by atoms with Crippen LogP contribution in [-0.4, -0.2) is 58.0 Å². The smallest absolute Gasteiger partial charge is 0.331 e. The van der Waals surface area contributed by atoms with Gasteiger partial charge in [0.1, 0.15) is 12.2 Å². The fourth-order valence-electron chi connectivity index (χ4n) is 2.09. The Bertz CT molecular complexity index is 460. The van der Waals surface area contributed by atoms with Gasteiger partial charge in [0.15, 0.2) is 5.79 Å². The zero-order valence-corrected chi connectivity index (χ0v) is 11.8. The van der Waals surface area contributed by atoms with Crippen LogP contribution >= 0.6 is 0 Å². The molecule has 9 heteroatoms. The number of azide groups is 1. The van der Waals surface area contributed by atoms with Crippen LogP contribution in [0.5, 0.6) is 0 Å². The first kappa shape index (κ1) is 17.4. The first-order valence-electron chi connectivity index (χ1n) is 6.31. The first-order valence-corrected chi connectivity index (χ1v) is 6.31. The highest BCUT2D eigenvalue weighted by Crippen LogP contribution is 2.33. The maximum Gasteiger partial charge on any atom is 0.331 e. The van der Waals surface area contributed by atoms with Crippen molar-refractivity contribution < 1.29 is 29.6 Å². The Morgan fingerprint density at radius 3 is 2.38 bits per heavy atom. The average molecular weight is 301 g/mol. The summed E-state index contributed by atoms with van der Waals surface area (Å²) >= 11 is 0. The average Bonchev–Trinajstić information content (AvgIpc) is 2.72. The number of aliphatic hydroxyl groups is 2. The van der Waals surface area contributed by atoms with E-state index in [4.69, 9.17) is 20.1 Å². The van der Waals surface area contributed by atoms with Gasteiger partial charge < -0.3 is 24.8 Å². The van der Waals surface area contributed by atoms with Crippen LogP contribution in [0.3, 0.4) is 0 Å². The minimum absolute atomic E-state index is 0.181. The lowest BCUT2D eigenvalue weighted by atomic mass is 9.98. The molecule has 0 aliphatic carbocycles. The molecule has 0 radical (unpaired) electrons. The van der Waals surface area contributed by atoms with Crippen LogP contribution < -0.4 is 0 Å². The predicted molar refractivity (Wildman–Crippen MR) is 71.2 cm³/mol. The second kappa shape index (κ2) is 6.88. The number of hydrogen-bond acceptors (Lipinski definition) is 6. The topological polar surface area (TPSA) is 145 Å². The van der Waals surface area contributed by atoms with E-state index in [1.807, 2.05) is 0 Å². The maximum absolute atomic E-state index is 10.7. The van der Waals surface area contributed by atoms with Gasteiger partial charge in [0.05, 0.1) is 18.8 Å². The quantitative estimate of drug-likeness (QED) is 0.271. The molecule has 9 nitrogen and oxygen atoms in total. The maximum atomic E-state index is 10.7. The lowest BCUT2D eigenvalue weighted by Crippen LogP contribution is -2.43. The third kappa shape index (κ3) is 4.69. The van der Waals surface area contributed by atoms with Crippen molar-refractivity contribution >= 4 is 5.97 Å². The standard InChI is InChI=1S/C12H19N3O6/c1-6(11(18)19)4-7(16)9-10(8(17)5-14-15-13)21-12(2,3)20-9/h7-10,16-17H,1,4-5H2,2-3H3,(H,18,19)/t7-,8-,9-,10-/m1/s1. The van der Waals surface area contributed by atoms with Crippen molar-refractivity contribution in [1.29, 1.82) is 0 Å². The molecule has 0 bridgehead atoms. The third-order valence-corrected chi connectivity index (χ3v) is 3.01. The van der Waals surface area contributed by atoms with Crippen molar-refractivity contribution in [2.75, 3.05) is 6.54 Å². The van der Waals surface area contributed by atoms with Crippen molar-refractivity contribution in [2.24, 2.45) is 5.11 Å². The minimum atomic E-state index is -1.22. The molecule has 0 spiro atoms. The number of hydrogen-bond donors (Lipinski definition) is 3. The molecule has 0 aromatic carbocycles. The summed E-state index contributed by atoms with van der Waals surface area (Å²) < 4.78 is 11.0. The van der Waals surface area contributed by atoms with E-state index in [9.17, 15) is 15.0 Å². The summed E-state index contributed by atoms with van der Waals surface area (Å²) in [5.74, 6) is -2.28. The van der Waals surface area contributed by atoms with E-state index >= 15 is 0 Å². The van der Waals surface area contributed by atoms with Crippen LogP contribution in [0.2, 0.25) is 0 Å². The summed E-state index contributed by atoms with van der Waals surface area (Å²) in [5.41, 5.74) is 8.08. The number of aliphatic carboxylic acids is 1. The Kier molecular flexibility index (Phi) is 5.70. The molecular weight excluding hydrogens is 282 g/mol. The van der Waals surface area contributed by atoms with Gasteiger partial charge in [-0.2, -0.15) is 0 Å². The SMILES string of the molecule is C=C(C[C@@H](O)[C@H]1OC(C)(C)O[C@@H]1[C@H](O)CN=[N+]=[N-])C(=O)O. The van der Waals surface area contributed by atoms with Crippen LogP contribution in [-0.2, 0) is 14.3 Å². The predicted octanol–water partition coefficient (Wildman–Crippen LogP) is 0.569. The van der Waals surface area contributed by atoms with Crippen molar-refractivity contribution in [1.82, 2.24) is 0 Å². The van der Waals surface area contributed by atoms with Gasteiger partial charge in [0.25, 0.3) is 0 Å². The Hall–Kier alpha value is -1.64. The number of carbonyl (C=O) groups is 1. The Morgan fingerprint density at radius 1 is 1.38 bits per heavy atom. The van der Waals surface area contributed by atoms with Gasteiger partial charge in [-0.15, -0.1) is 0 Å².